The van der Waals surface area contributed by atoms with Crippen molar-refractivity contribution in [1.29, 1.82) is 0 Å². The van der Waals surface area contributed by atoms with Crippen LogP contribution in [0.3, 0.4) is 0 Å². The summed E-state index contributed by atoms with van der Waals surface area (Å²) in [6.07, 6.45) is 1.98. The van der Waals surface area contributed by atoms with Crippen LogP contribution >= 0.6 is 0 Å². The van der Waals surface area contributed by atoms with Gasteiger partial charge in [0.1, 0.15) is 0 Å². The van der Waals surface area contributed by atoms with E-state index in [0.717, 1.165) is 28.1 Å². The normalized spacial score (nSPS) is 11.0. The van der Waals surface area contributed by atoms with E-state index in [0.29, 0.717) is 6.04 Å². The molecule has 5 nitrogen and oxygen atoms in total. The lowest BCUT2D eigenvalue weighted by atomic mass is 10.0. The molecule has 2 aromatic heterocycles. The van der Waals surface area contributed by atoms with Gasteiger partial charge in [0.25, 0.3) is 0 Å². The summed E-state index contributed by atoms with van der Waals surface area (Å²) in [4.78, 5) is 19.9. The standard InChI is InChI=1S/C16H17N3O.C3H9N/c1-10(2)15(20)11-6-7-12-13(9-11)18-16(17-12)14-5-4-8-19(14)3;1-3(2)4/h4-10H,1-3H3,(H,17,18);3H,4H2,1-2H3. The third kappa shape index (κ3) is 4.11. The molecule has 0 aliphatic heterocycles. The number of nitrogens with two attached hydrogens (primary N) is 1. The van der Waals surface area contributed by atoms with E-state index in [1.165, 1.54) is 0 Å². The smallest absolute Gasteiger partial charge is 0.165 e. The van der Waals surface area contributed by atoms with Gasteiger partial charge in [-0.1, -0.05) is 27.7 Å². The number of benzene rings is 1. The third-order valence-electron chi connectivity index (χ3n) is 3.48. The van der Waals surface area contributed by atoms with Crippen LogP contribution < -0.4 is 5.73 Å². The van der Waals surface area contributed by atoms with Gasteiger partial charge in [-0.2, -0.15) is 0 Å². The lowest BCUT2D eigenvalue weighted by molar-refractivity contribution is 0.0939. The number of carbonyl (C=O) groups is 1. The predicted molar refractivity (Wildman–Crippen MR) is 99.0 cm³/mol. The molecule has 0 amide bonds. The third-order valence-corrected chi connectivity index (χ3v) is 3.48. The van der Waals surface area contributed by atoms with Crippen LogP contribution in [0, 0.1) is 5.92 Å². The number of aromatic amines is 1. The van der Waals surface area contributed by atoms with Gasteiger partial charge in [0.05, 0.1) is 16.7 Å². The van der Waals surface area contributed by atoms with Crippen molar-refractivity contribution < 1.29 is 4.79 Å². The minimum absolute atomic E-state index is 0.00251. The summed E-state index contributed by atoms with van der Waals surface area (Å²) in [6, 6.07) is 9.96. The van der Waals surface area contributed by atoms with Crippen LogP contribution in [0.15, 0.2) is 36.5 Å². The first-order valence-corrected chi connectivity index (χ1v) is 8.21. The summed E-state index contributed by atoms with van der Waals surface area (Å²) in [7, 11) is 1.98. The Labute approximate surface area is 142 Å². The number of rotatable bonds is 3. The second kappa shape index (κ2) is 7.45. The molecule has 0 fully saturated rings. The van der Waals surface area contributed by atoms with Gasteiger partial charge in [-0.15, -0.1) is 0 Å². The van der Waals surface area contributed by atoms with Crippen molar-refractivity contribution >= 4 is 16.8 Å². The molecule has 0 bridgehead atoms. The first-order valence-electron chi connectivity index (χ1n) is 8.21. The molecule has 5 heteroatoms. The number of carbonyl (C=O) groups excluding carboxylic acids is 1. The summed E-state index contributed by atoms with van der Waals surface area (Å²) in [5.41, 5.74) is 8.64. The average Bonchev–Trinajstić information content (AvgIpc) is 3.10. The average molecular weight is 326 g/mol. The van der Waals surface area contributed by atoms with E-state index in [1.807, 2.05) is 75.8 Å². The van der Waals surface area contributed by atoms with Crippen molar-refractivity contribution in [2.75, 3.05) is 0 Å². The molecule has 0 atom stereocenters. The number of aryl methyl sites for hydroxylation is 1. The first-order chi connectivity index (χ1) is 11.3. The Morgan fingerprint density at radius 3 is 2.42 bits per heavy atom. The molecule has 3 aromatic rings. The van der Waals surface area contributed by atoms with Crippen molar-refractivity contribution in [3.05, 3.63) is 42.1 Å². The maximum Gasteiger partial charge on any atom is 0.165 e. The van der Waals surface area contributed by atoms with E-state index in [1.54, 1.807) is 0 Å². The molecule has 0 unspecified atom stereocenters. The van der Waals surface area contributed by atoms with E-state index in [4.69, 9.17) is 5.73 Å². The molecule has 0 radical (unpaired) electrons. The lowest BCUT2D eigenvalue weighted by Gasteiger charge is -2.03. The van der Waals surface area contributed by atoms with Gasteiger partial charge >= 0.3 is 0 Å². The summed E-state index contributed by atoms with van der Waals surface area (Å²) in [5, 5.41) is 0. The number of hydrogen-bond acceptors (Lipinski definition) is 3. The van der Waals surface area contributed by atoms with Gasteiger partial charge in [0.15, 0.2) is 11.6 Å². The monoisotopic (exact) mass is 326 g/mol. The van der Waals surface area contributed by atoms with E-state index in [9.17, 15) is 4.79 Å². The van der Waals surface area contributed by atoms with Crippen molar-refractivity contribution in [3.63, 3.8) is 0 Å². The fourth-order valence-electron chi connectivity index (χ4n) is 2.32. The zero-order chi connectivity index (χ0) is 17.9. The number of aromatic nitrogens is 3. The largest absolute Gasteiger partial charge is 0.348 e. The summed E-state index contributed by atoms with van der Waals surface area (Å²) in [6.45, 7) is 7.71. The number of H-pyrrole nitrogens is 1. The maximum atomic E-state index is 12.0. The number of Topliss-reactive ketones (excluding diaryl/α,β-unsaturated/α-hetero) is 1. The molecule has 3 rings (SSSR count). The fourth-order valence-corrected chi connectivity index (χ4v) is 2.32. The Kier molecular flexibility index (Phi) is 5.57. The van der Waals surface area contributed by atoms with Crippen LogP contribution in [-0.4, -0.2) is 26.4 Å². The molecule has 0 saturated carbocycles. The van der Waals surface area contributed by atoms with E-state index >= 15 is 0 Å². The first kappa shape index (κ1) is 17.9. The molecule has 0 aliphatic carbocycles. The molecular weight excluding hydrogens is 300 g/mol. The van der Waals surface area contributed by atoms with Crippen LogP contribution in [0.25, 0.3) is 22.6 Å². The maximum absolute atomic E-state index is 12.0. The highest BCUT2D eigenvalue weighted by Gasteiger charge is 2.13. The molecule has 0 saturated heterocycles. The number of hydrogen-bond donors (Lipinski definition) is 2. The molecule has 24 heavy (non-hydrogen) atoms. The number of imidazole rings is 1. The molecule has 0 aliphatic rings. The van der Waals surface area contributed by atoms with Crippen molar-refractivity contribution in [1.82, 2.24) is 14.5 Å². The minimum atomic E-state index is 0.00251. The van der Waals surface area contributed by atoms with Gasteiger partial charge in [0, 0.05) is 24.7 Å². The minimum Gasteiger partial charge on any atom is -0.348 e. The van der Waals surface area contributed by atoms with Crippen LogP contribution in [-0.2, 0) is 7.05 Å². The van der Waals surface area contributed by atoms with Crippen LogP contribution in [0.4, 0.5) is 0 Å². The van der Waals surface area contributed by atoms with Crippen molar-refractivity contribution in [2.24, 2.45) is 18.7 Å². The summed E-state index contributed by atoms with van der Waals surface area (Å²) in [5.74, 6) is 0.978. The van der Waals surface area contributed by atoms with E-state index in [2.05, 4.69) is 9.97 Å². The molecule has 1 aromatic carbocycles. The van der Waals surface area contributed by atoms with Gasteiger partial charge in [-0.05, 0) is 36.4 Å². The number of nitrogens with zero attached hydrogens (tertiary/aromatic N) is 2. The Bertz CT molecular complexity index is 824. The molecule has 128 valence electrons. The van der Waals surface area contributed by atoms with Gasteiger partial charge < -0.3 is 15.3 Å². The second-order valence-electron chi connectivity index (χ2n) is 6.58. The molecule has 3 N–H and O–H groups in total. The fraction of sp³-hybridized carbons (Fsp3) is 0.368. The number of fused-ring (bicyclic) bond motifs is 1. The molecule has 2 heterocycles. The number of ketones is 1. The second-order valence-corrected chi connectivity index (χ2v) is 6.58. The van der Waals surface area contributed by atoms with Crippen LogP contribution in [0.5, 0.6) is 0 Å². The lowest BCUT2D eigenvalue weighted by Crippen LogP contribution is -2.06. The Balaban J connectivity index is 0.000000471. The Hall–Kier alpha value is -2.40. The molecule has 0 spiro atoms. The van der Waals surface area contributed by atoms with Crippen LogP contribution in [0.1, 0.15) is 38.1 Å². The highest BCUT2D eigenvalue weighted by atomic mass is 16.1. The topological polar surface area (TPSA) is 76.7 Å². The van der Waals surface area contributed by atoms with Gasteiger partial charge in [-0.3, -0.25) is 4.79 Å². The van der Waals surface area contributed by atoms with E-state index in [-0.39, 0.29) is 11.7 Å². The SMILES string of the molecule is CC(C)C(=O)c1ccc2nc(-c3cccn3C)[nH]c2c1.CC(C)N. The highest BCUT2D eigenvalue weighted by Crippen LogP contribution is 2.22. The summed E-state index contributed by atoms with van der Waals surface area (Å²) < 4.78 is 2.01. The van der Waals surface area contributed by atoms with E-state index < -0.39 is 0 Å². The quantitative estimate of drug-likeness (QED) is 0.719. The highest BCUT2D eigenvalue weighted by molar-refractivity contribution is 6.00. The predicted octanol–water partition coefficient (Wildman–Crippen LogP) is 3.76. The Morgan fingerprint density at radius 1 is 1.21 bits per heavy atom. The van der Waals surface area contributed by atoms with Gasteiger partial charge in [-0.25, -0.2) is 4.98 Å². The van der Waals surface area contributed by atoms with Crippen LogP contribution in [0.2, 0.25) is 0 Å². The molecular formula is C19H26N4O. The zero-order valence-electron chi connectivity index (χ0n) is 15.0. The zero-order valence-corrected chi connectivity index (χ0v) is 15.0. The number of nitrogens with one attached hydrogen (secondary N) is 1. The summed E-state index contributed by atoms with van der Waals surface area (Å²) >= 11 is 0. The van der Waals surface area contributed by atoms with Crippen molar-refractivity contribution in [3.8, 4) is 11.5 Å². The van der Waals surface area contributed by atoms with Gasteiger partial charge in [0.2, 0.25) is 0 Å². The van der Waals surface area contributed by atoms with Crippen molar-refractivity contribution in [2.45, 2.75) is 33.7 Å². The Morgan fingerprint density at radius 2 is 1.88 bits per heavy atom.